The number of carbonyl (C=O) groups excluding carboxylic acids is 1. The topological polar surface area (TPSA) is 91.8 Å². The summed E-state index contributed by atoms with van der Waals surface area (Å²) < 4.78 is 26.4. The molecule has 2 unspecified atom stereocenters. The number of amides is 1. The molecule has 6 nitrogen and oxygen atoms in total. The van der Waals surface area contributed by atoms with Crippen LogP contribution in [0.3, 0.4) is 0 Å². The summed E-state index contributed by atoms with van der Waals surface area (Å²) in [7, 11) is -3.49. The maximum Gasteiger partial charge on any atom is 0.304 e. The molecule has 1 saturated carbocycles. The number of rotatable bonds is 9. The maximum absolute atomic E-state index is 14.3. The molecule has 2 aromatic carbocycles. The van der Waals surface area contributed by atoms with Crippen LogP contribution in [0.15, 0.2) is 48.5 Å². The molecular formula is C28H33Cl2NO5S. The van der Waals surface area contributed by atoms with E-state index in [2.05, 4.69) is 0 Å². The fourth-order valence-electron chi connectivity index (χ4n) is 5.60. The number of nitrogens with zero attached hydrogens (tertiary/aromatic N) is 1. The lowest BCUT2D eigenvalue weighted by atomic mass is 9.67. The number of sulfone groups is 1. The second-order valence-corrected chi connectivity index (χ2v) is 14.5. The minimum Gasteiger partial charge on any atom is -0.481 e. The molecule has 0 spiro atoms. The Morgan fingerprint density at radius 1 is 1.08 bits per heavy atom. The first-order valence-corrected chi connectivity index (χ1v) is 15.1. The summed E-state index contributed by atoms with van der Waals surface area (Å²) >= 11 is 12.6. The van der Waals surface area contributed by atoms with E-state index < -0.39 is 38.6 Å². The van der Waals surface area contributed by atoms with Gasteiger partial charge in [0.05, 0.1) is 28.9 Å². The predicted octanol–water partition coefficient (Wildman–Crippen LogP) is 6.13. The number of likely N-dealkylation sites (tertiary alicyclic amines) is 1. The van der Waals surface area contributed by atoms with Crippen molar-refractivity contribution in [2.24, 2.45) is 11.3 Å². The predicted molar refractivity (Wildman–Crippen MR) is 146 cm³/mol. The van der Waals surface area contributed by atoms with Crippen molar-refractivity contribution in [2.75, 3.05) is 5.75 Å². The molecule has 4 atom stereocenters. The molecule has 0 aromatic heterocycles. The van der Waals surface area contributed by atoms with Crippen molar-refractivity contribution >= 4 is 44.9 Å². The molecule has 2 aromatic rings. The van der Waals surface area contributed by atoms with E-state index in [9.17, 15) is 23.1 Å². The SMILES string of the molecule is CC(C)S(=O)(=O)CC(C1CC1)N1C(=O)[C@@](C)(CC(=O)O)CC(c2cccc(Cl)c2)[C@H]1c1ccc(Cl)cc1. The lowest BCUT2D eigenvalue weighted by Crippen LogP contribution is -2.58. The van der Waals surface area contributed by atoms with Crippen molar-refractivity contribution in [3.05, 3.63) is 69.7 Å². The van der Waals surface area contributed by atoms with E-state index in [0.717, 1.165) is 24.0 Å². The van der Waals surface area contributed by atoms with Crippen LogP contribution >= 0.6 is 23.2 Å². The smallest absolute Gasteiger partial charge is 0.304 e. The highest BCUT2D eigenvalue weighted by Crippen LogP contribution is 2.54. The second-order valence-electron chi connectivity index (χ2n) is 11.0. The van der Waals surface area contributed by atoms with Gasteiger partial charge in [0.15, 0.2) is 9.84 Å². The number of benzene rings is 2. The van der Waals surface area contributed by atoms with Crippen LogP contribution in [-0.2, 0) is 19.4 Å². The Morgan fingerprint density at radius 2 is 1.73 bits per heavy atom. The molecule has 1 saturated heterocycles. The van der Waals surface area contributed by atoms with Crippen molar-refractivity contribution in [3.63, 3.8) is 0 Å². The minimum atomic E-state index is -3.49. The number of aliphatic carboxylic acids is 1. The first-order chi connectivity index (χ1) is 17.3. The molecule has 1 N–H and O–H groups in total. The standard InChI is InChI=1S/C28H33Cl2NO5S/c1-17(2)37(35,36)16-24(18-7-8-18)31-26(19-9-11-21(29)12-10-19)23(20-5-4-6-22(30)13-20)14-28(3,27(31)34)15-25(32)33/h4-6,9-13,17-18,23-24,26H,7-8,14-16H2,1-3H3,(H,32,33)/t23?,24?,26-,28-/m1/s1. The normalized spacial score (nSPS) is 25.4. The van der Waals surface area contributed by atoms with E-state index in [1.165, 1.54) is 0 Å². The molecule has 1 aliphatic heterocycles. The van der Waals surface area contributed by atoms with Gasteiger partial charge in [0.25, 0.3) is 0 Å². The molecule has 0 radical (unpaired) electrons. The zero-order chi connectivity index (χ0) is 27.1. The number of carboxylic acids is 1. The number of piperidine rings is 1. The summed E-state index contributed by atoms with van der Waals surface area (Å²) in [6.45, 7) is 4.99. The third-order valence-corrected chi connectivity index (χ3v) is 10.5. The molecule has 1 amide bonds. The van der Waals surface area contributed by atoms with Gasteiger partial charge in [-0.05, 0) is 74.4 Å². The Hall–Kier alpha value is -2.09. The molecule has 2 fully saturated rings. The number of hydrogen-bond donors (Lipinski definition) is 1. The minimum absolute atomic E-state index is 0.0412. The summed E-state index contributed by atoms with van der Waals surface area (Å²) in [6.07, 6.45) is 1.59. The third kappa shape index (κ3) is 5.99. The molecule has 1 aliphatic carbocycles. The van der Waals surface area contributed by atoms with Crippen molar-refractivity contribution in [1.29, 1.82) is 0 Å². The first-order valence-electron chi connectivity index (χ1n) is 12.6. The van der Waals surface area contributed by atoms with E-state index in [-0.39, 0.29) is 36.3 Å². The van der Waals surface area contributed by atoms with Gasteiger partial charge < -0.3 is 10.0 Å². The summed E-state index contributed by atoms with van der Waals surface area (Å²) in [6, 6.07) is 13.6. The molecule has 4 rings (SSSR count). The van der Waals surface area contributed by atoms with Crippen LogP contribution in [0, 0.1) is 11.3 Å². The van der Waals surface area contributed by atoms with Gasteiger partial charge in [-0.2, -0.15) is 0 Å². The van der Waals surface area contributed by atoms with Gasteiger partial charge in [-0.1, -0.05) is 54.4 Å². The zero-order valence-electron chi connectivity index (χ0n) is 21.2. The number of halogens is 2. The summed E-state index contributed by atoms with van der Waals surface area (Å²) in [5.74, 6) is -1.80. The van der Waals surface area contributed by atoms with E-state index >= 15 is 0 Å². The second kappa shape index (κ2) is 10.6. The number of carboxylic acid groups (broad SMARTS) is 1. The maximum atomic E-state index is 14.3. The van der Waals surface area contributed by atoms with Crippen LogP contribution in [0.1, 0.15) is 69.5 Å². The van der Waals surface area contributed by atoms with Crippen LogP contribution in [-0.4, -0.2) is 47.3 Å². The van der Waals surface area contributed by atoms with Crippen LogP contribution in [0.25, 0.3) is 0 Å². The van der Waals surface area contributed by atoms with Crippen molar-refractivity contribution < 1.29 is 23.1 Å². The molecule has 2 aliphatic rings. The van der Waals surface area contributed by atoms with Crippen LogP contribution in [0.2, 0.25) is 10.0 Å². The van der Waals surface area contributed by atoms with Gasteiger partial charge in [-0.3, -0.25) is 9.59 Å². The van der Waals surface area contributed by atoms with Crippen LogP contribution in [0.5, 0.6) is 0 Å². The average molecular weight is 567 g/mol. The lowest BCUT2D eigenvalue weighted by Gasteiger charge is -2.52. The Morgan fingerprint density at radius 3 is 2.27 bits per heavy atom. The molecule has 37 heavy (non-hydrogen) atoms. The summed E-state index contributed by atoms with van der Waals surface area (Å²) in [5.41, 5.74) is 0.492. The fraction of sp³-hybridized carbons (Fsp3) is 0.500. The van der Waals surface area contributed by atoms with Crippen molar-refractivity contribution in [2.45, 2.75) is 69.7 Å². The van der Waals surface area contributed by atoms with Crippen molar-refractivity contribution in [1.82, 2.24) is 4.90 Å². The van der Waals surface area contributed by atoms with E-state index in [1.54, 1.807) is 43.9 Å². The van der Waals surface area contributed by atoms with Gasteiger partial charge >= 0.3 is 5.97 Å². The van der Waals surface area contributed by atoms with Crippen LogP contribution in [0.4, 0.5) is 0 Å². The monoisotopic (exact) mass is 565 g/mol. The van der Waals surface area contributed by atoms with Gasteiger partial charge in [0, 0.05) is 22.0 Å². The number of hydrogen-bond acceptors (Lipinski definition) is 4. The van der Waals surface area contributed by atoms with E-state index in [0.29, 0.717) is 10.0 Å². The summed E-state index contributed by atoms with van der Waals surface area (Å²) in [5, 5.41) is 10.3. The van der Waals surface area contributed by atoms with Gasteiger partial charge in [0.1, 0.15) is 0 Å². The molecule has 200 valence electrons. The molecule has 9 heteroatoms. The van der Waals surface area contributed by atoms with Crippen molar-refractivity contribution in [3.8, 4) is 0 Å². The highest BCUT2D eigenvalue weighted by atomic mass is 35.5. The first kappa shape index (κ1) is 27.9. The quantitative estimate of drug-likeness (QED) is 0.394. The molecular weight excluding hydrogens is 533 g/mol. The fourth-order valence-corrected chi connectivity index (χ4v) is 7.22. The Balaban J connectivity index is 1.93. The average Bonchev–Trinajstić information content (AvgIpc) is 3.65. The van der Waals surface area contributed by atoms with Gasteiger partial charge in [0.2, 0.25) is 5.91 Å². The number of carbonyl (C=O) groups is 2. The van der Waals surface area contributed by atoms with E-state index in [1.807, 2.05) is 30.3 Å². The Bertz CT molecular complexity index is 1280. The Labute approximate surface area is 228 Å². The largest absolute Gasteiger partial charge is 0.481 e. The summed E-state index contributed by atoms with van der Waals surface area (Å²) in [4.78, 5) is 28.0. The lowest BCUT2D eigenvalue weighted by molar-refractivity contribution is -0.160. The highest BCUT2D eigenvalue weighted by Gasteiger charge is 2.55. The molecule has 1 heterocycles. The molecule has 0 bridgehead atoms. The highest BCUT2D eigenvalue weighted by molar-refractivity contribution is 7.92. The zero-order valence-corrected chi connectivity index (χ0v) is 23.6. The Kier molecular flexibility index (Phi) is 7.99. The third-order valence-electron chi connectivity index (χ3n) is 7.78. The van der Waals surface area contributed by atoms with Gasteiger partial charge in [-0.25, -0.2) is 8.42 Å². The van der Waals surface area contributed by atoms with Crippen LogP contribution < -0.4 is 0 Å². The van der Waals surface area contributed by atoms with E-state index in [4.69, 9.17) is 23.2 Å². The van der Waals surface area contributed by atoms with Gasteiger partial charge in [-0.15, -0.1) is 0 Å².